The zero-order chi connectivity index (χ0) is 14.7. The molecular weight excluding hydrogens is 322 g/mol. The molecule has 1 nitrogen and oxygen atoms in total. The van der Waals surface area contributed by atoms with Crippen LogP contribution >= 0.6 is 15.9 Å². The molecule has 3 atom stereocenters. The molecule has 0 aromatic heterocycles. The number of likely N-dealkylation sites (N-methyl/N-ethyl adjacent to an activating group) is 1. The lowest BCUT2D eigenvalue weighted by Crippen LogP contribution is -2.33. The van der Waals surface area contributed by atoms with Crippen molar-refractivity contribution >= 4 is 15.9 Å². The standard InChI is InChI=1S/C19H22BrN/c1-2-21-19(12-15-10-6-7-11-18(15)20)17-13-16(17)14-8-4-3-5-9-14/h3-11,16-17,19,21H,2,12-13H2,1H3. The fourth-order valence-corrected chi connectivity index (χ4v) is 3.73. The first-order chi connectivity index (χ1) is 10.3. The van der Waals surface area contributed by atoms with E-state index in [0.29, 0.717) is 6.04 Å². The average molecular weight is 344 g/mol. The van der Waals surface area contributed by atoms with Gasteiger partial charge in [-0.3, -0.25) is 0 Å². The number of hydrogen-bond acceptors (Lipinski definition) is 1. The smallest absolute Gasteiger partial charge is 0.0207 e. The third kappa shape index (κ3) is 3.56. The van der Waals surface area contributed by atoms with E-state index < -0.39 is 0 Å². The summed E-state index contributed by atoms with van der Waals surface area (Å²) in [5.74, 6) is 1.50. The van der Waals surface area contributed by atoms with Gasteiger partial charge in [0.25, 0.3) is 0 Å². The Morgan fingerprint density at radius 2 is 1.81 bits per heavy atom. The number of halogens is 1. The summed E-state index contributed by atoms with van der Waals surface area (Å²) in [7, 11) is 0. The lowest BCUT2D eigenvalue weighted by molar-refractivity contribution is 0.464. The molecule has 1 aliphatic rings. The molecule has 0 spiro atoms. The van der Waals surface area contributed by atoms with Crippen LogP contribution in [0.3, 0.4) is 0 Å². The van der Waals surface area contributed by atoms with Gasteiger partial charge in [0.15, 0.2) is 0 Å². The molecular formula is C19H22BrN. The summed E-state index contributed by atoms with van der Waals surface area (Å²) in [6.45, 7) is 3.24. The first kappa shape index (κ1) is 14.8. The number of rotatable bonds is 6. The minimum Gasteiger partial charge on any atom is -0.314 e. The maximum atomic E-state index is 3.70. The van der Waals surface area contributed by atoms with Gasteiger partial charge in [0.1, 0.15) is 0 Å². The highest BCUT2D eigenvalue weighted by molar-refractivity contribution is 9.10. The molecule has 0 amide bonds. The molecule has 21 heavy (non-hydrogen) atoms. The van der Waals surface area contributed by atoms with Crippen molar-refractivity contribution in [2.75, 3.05) is 6.54 Å². The topological polar surface area (TPSA) is 12.0 Å². The van der Waals surface area contributed by atoms with Crippen molar-refractivity contribution in [3.05, 3.63) is 70.2 Å². The van der Waals surface area contributed by atoms with Gasteiger partial charge in [0.05, 0.1) is 0 Å². The molecule has 0 bridgehead atoms. The molecule has 0 radical (unpaired) electrons. The molecule has 3 unspecified atom stereocenters. The van der Waals surface area contributed by atoms with Crippen LogP contribution in [0.4, 0.5) is 0 Å². The lowest BCUT2D eigenvalue weighted by atomic mass is 9.99. The van der Waals surface area contributed by atoms with Crippen LogP contribution in [0, 0.1) is 5.92 Å². The SMILES string of the molecule is CCNC(Cc1ccccc1Br)C1CC1c1ccccc1. The molecule has 1 fully saturated rings. The Morgan fingerprint density at radius 1 is 1.10 bits per heavy atom. The maximum Gasteiger partial charge on any atom is 0.0207 e. The molecule has 110 valence electrons. The highest BCUT2D eigenvalue weighted by Crippen LogP contribution is 2.50. The Kier molecular flexibility index (Phi) is 4.77. The average Bonchev–Trinajstić information content (AvgIpc) is 3.30. The van der Waals surface area contributed by atoms with Gasteiger partial charge in [-0.25, -0.2) is 0 Å². The molecule has 0 aliphatic heterocycles. The van der Waals surface area contributed by atoms with Crippen LogP contribution in [0.15, 0.2) is 59.1 Å². The van der Waals surface area contributed by atoms with Crippen molar-refractivity contribution in [2.24, 2.45) is 5.92 Å². The van der Waals surface area contributed by atoms with Crippen molar-refractivity contribution in [1.82, 2.24) is 5.32 Å². The second-order valence-corrected chi connectivity index (χ2v) is 6.73. The van der Waals surface area contributed by atoms with Gasteiger partial charge < -0.3 is 5.32 Å². The van der Waals surface area contributed by atoms with E-state index >= 15 is 0 Å². The van der Waals surface area contributed by atoms with Gasteiger partial charge >= 0.3 is 0 Å². The predicted octanol–water partition coefficient (Wildman–Crippen LogP) is 4.77. The van der Waals surface area contributed by atoms with Crippen LogP contribution < -0.4 is 5.32 Å². The summed E-state index contributed by atoms with van der Waals surface area (Å²) < 4.78 is 1.23. The summed E-state index contributed by atoms with van der Waals surface area (Å²) in [6.07, 6.45) is 2.41. The van der Waals surface area contributed by atoms with Gasteiger partial charge in [-0.2, -0.15) is 0 Å². The van der Waals surface area contributed by atoms with Gasteiger partial charge in [0, 0.05) is 10.5 Å². The van der Waals surface area contributed by atoms with Crippen molar-refractivity contribution in [3.63, 3.8) is 0 Å². The molecule has 1 saturated carbocycles. The quantitative estimate of drug-likeness (QED) is 0.796. The molecule has 0 heterocycles. The van der Waals surface area contributed by atoms with E-state index in [-0.39, 0.29) is 0 Å². The van der Waals surface area contributed by atoms with Gasteiger partial charge in [-0.05, 0) is 48.4 Å². The van der Waals surface area contributed by atoms with Crippen molar-refractivity contribution in [2.45, 2.75) is 31.7 Å². The van der Waals surface area contributed by atoms with Crippen LogP contribution in [0.2, 0.25) is 0 Å². The summed E-state index contributed by atoms with van der Waals surface area (Å²) >= 11 is 3.68. The van der Waals surface area contributed by atoms with Crippen LogP contribution in [0.25, 0.3) is 0 Å². The summed E-state index contributed by atoms with van der Waals surface area (Å²) in [5, 5.41) is 3.70. The Bertz CT molecular complexity index is 581. The van der Waals surface area contributed by atoms with E-state index in [1.807, 2.05) is 0 Å². The second-order valence-electron chi connectivity index (χ2n) is 5.88. The van der Waals surface area contributed by atoms with Gasteiger partial charge in [0.2, 0.25) is 0 Å². The van der Waals surface area contributed by atoms with Crippen LogP contribution in [-0.2, 0) is 6.42 Å². The zero-order valence-electron chi connectivity index (χ0n) is 12.4. The minimum atomic E-state index is 0.568. The number of benzene rings is 2. The molecule has 1 N–H and O–H groups in total. The maximum absolute atomic E-state index is 3.70. The molecule has 2 aromatic rings. The predicted molar refractivity (Wildman–Crippen MR) is 92.6 cm³/mol. The zero-order valence-corrected chi connectivity index (χ0v) is 14.0. The van der Waals surface area contributed by atoms with Crippen LogP contribution in [0.5, 0.6) is 0 Å². The molecule has 0 saturated heterocycles. The number of nitrogens with one attached hydrogen (secondary N) is 1. The Morgan fingerprint density at radius 3 is 2.52 bits per heavy atom. The summed E-state index contributed by atoms with van der Waals surface area (Å²) in [6, 6.07) is 20.1. The Balaban J connectivity index is 1.70. The lowest BCUT2D eigenvalue weighted by Gasteiger charge is -2.19. The summed E-state index contributed by atoms with van der Waals surface area (Å²) in [4.78, 5) is 0. The largest absolute Gasteiger partial charge is 0.314 e. The van der Waals surface area contributed by atoms with Crippen molar-refractivity contribution < 1.29 is 0 Å². The third-order valence-corrected chi connectivity index (χ3v) is 5.22. The fourth-order valence-electron chi connectivity index (χ4n) is 3.28. The first-order valence-electron chi connectivity index (χ1n) is 7.81. The van der Waals surface area contributed by atoms with Crippen molar-refractivity contribution in [3.8, 4) is 0 Å². The highest BCUT2D eigenvalue weighted by Gasteiger charge is 2.43. The fraction of sp³-hybridized carbons (Fsp3) is 0.368. The Labute approximate surface area is 135 Å². The van der Waals surface area contributed by atoms with E-state index in [9.17, 15) is 0 Å². The third-order valence-electron chi connectivity index (χ3n) is 4.45. The van der Waals surface area contributed by atoms with Crippen LogP contribution in [0.1, 0.15) is 30.4 Å². The number of hydrogen-bond donors (Lipinski definition) is 1. The van der Waals surface area contributed by atoms with Crippen LogP contribution in [-0.4, -0.2) is 12.6 Å². The highest BCUT2D eigenvalue weighted by atomic mass is 79.9. The van der Waals surface area contributed by atoms with E-state index in [2.05, 4.69) is 82.8 Å². The van der Waals surface area contributed by atoms with E-state index in [1.165, 1.54) is 22.0 Å². The summed E-state index contributed by atoms with van der Waals surface area (Å²) in [5.41, 5.74) is 2.90. The van der Waals surface area contributed by atoms with E-state index in [0.717, 1.165) is 24.8 Å². The normalized spacial score (nSPS) is 22.0. The molecule has 3 rings (SSSR count). The second kappa shape index (κ2) is 6.76. The minimum absolute atomic E-state index is 0.568. The molecule has 1 aliphatic carbocycles. The monoisotopic (exact) mass is 343 g/mol. The molecule has 2 aromatic carbocycles. The Hall–Kier alpha value is -1.12. The van der Waals surface area contributed by atoms with Crippen molar-refractivity contribution in [1.29, 1.82) is 0 Å². The van der Waals surface area contributed by atoms with E-state index in [1.54, 1.807) is 0 Å². The van der Waals surface area contributed by atoms with Gasteiger partial charge in [-0.1, -0.05) is 71.4 Å². The van der Waals surface area contributed by atoms with Gasteiger partial charge in [-0.15, -0.1) is 0 Å². The first-order valence-corrected chi connectivity index (χ1v) is 8.60. The van der Waals surface area contributed by atoms with E-state index in [4.69, 9.17) is 0 Å². The molecule has 2 heteroatoms.